The zero-order valence-corrected chi connectivity index (χ0v) is 20.3. The number of nitrogens with one attached hydrogen (secondary N) is 2. The number of rotatable bonds is 9. The molecule has 9 heteroatoms. The number of amides is 2. The summed E-state index contributed by atoms with van der Waals surface area (Å²) >= 11 is 1.33. The highest BCUT2D eigenvalue weighted by Crippen LogP contribution is 2.31. The lowest BCUT2D eigenvalue weighted by Crippen LogP contribution is -2.34. The first kappa shape index (κ1) is 26.0. The van der Waals surface area contributed by atoms with Crippen molar-refractivity contribution in [3.8, 4) is 0 Å². The molecule has 0 heterocycles. The first-order valence-electron chi connectivity index (χ1n) is 11.3. The maximum atomic E-state index is 12.9. The predicted molar refractivity (Wildman–Crippen MR) is 135 cm³/mol. The van der Waals surface area contributed by atoms with E-state index in [1.807, 2.05) is 19.1 Å². The van der Waals surface area contributed by atoms with Crippen molar-refractivity contribution in [1.82, 2.24) is 0 Å². The van der Waals surface area contributed by atoms with Crippen LogP contribution in [0.3, 0.4) is 0 Å². The summed E-state index contributed by atoms with van der Waals surface area (Å²) in [5.41, 5.74) is 1.82. The summed E-state index contributed by atoms with van der Waals surface area (Å²) in [6.07, 6.45) is 4.84. The molecule has 0 aliphatic heterocycles. The van der Waals surface area contributed by atoms with E-state index in [0.717, 1.165) is 10.5 Å². The minimum atomic E-state index is -1.07. The van der Waals surface area contributed by atoms with Crippen molar-refractivity contribution in [2.24, 2.45) is 11.8 Å². The van der Waals surface area contributed by atoms with E-state index in [1.54, 1.807) is 37.3 Å². The van der Waals surface area contributed by atoms with Gasteiger partial charge in [-0.25, -0.2) is 4.79 Å². The maximum absolute atomic E-state index is 12.9. The van der Waals surface area contributed by atoms with Crippen LogP contribution in [0.15, 0.2) is 59.5 Å². The van der Waals surface area contributed by atoms with E-state index >= 15 is 0 Å². The Morgan fingerprint density at radius 2 is 1.71 bits per heavy atom. The summed E-state index contributed by atoms with van der Waals surface area (Å²) in [5, 5.41) is 23.8. The summed E-state index contributed by atoms with van der Waals surface area (Å²) in [5.74, 6) is -4.06. The zero-order valence-electron chi connectivity index (χ0n) is 19.5. The molecule has 1 aliphatic carbocycles. The van der Waals surface area contributed by atoms with Crippen LogP contribution in [-0.2, 0) is 14.4 Å². The van der Waals surface area contributed by atoms with Crippen LogP contribution in [0.25, 0.3) is 0 Å². The Bertz CT molecular complexity index is 1160. The molecule has 8 nitrogen and oxygen atoms in total. The number of hydrogen-bond acceptors (Lipinski definition) is 5. The van der Waals surface area contributed by atoms with Crippen molar-refractivity contribution in [3.63, 3.8) is 0 Å². The molecule has 184 valence electrons. The molecular formula is C26H28N2O6S. The summed E-state index contributed by atoms with van der Waals surface area (Å²) in [6, 6.07) is 11.6. The molecule has 2 aromatic carbocycles. The molecule has 2 aromatic rings. The average molecular weight is 497 g/mol. The van der Waals surface area contributed by atoms with Crippen LogP contribution >= 0.6 is 11.8 Å². The smallest absolute Gasteiger partial charge is 0.335 e. The van der Waals surface area contributed by atoms with Gasteiger partial charge in [0.2, 0.25) is 11.8 Å². The fourth-order valence-electron chi connectivity index (χ4n) is 3.85. The van der Waals surface area contributed by atoms with Crippen LogP contribution in [0.1, 0.15) is 42.1 Å². The molecule has 3 rings (SSSR count). The van der Waals surface area contributed by atoms with E-state index in [4.69, 9.17) is 0 Å². The Hall–Kier alpha value is -3.59. The highest BCUT2D eigenvalue weighted by atomic mass is 32.2. The fraction of sp³-hybridized carbons (Fsp3) is 0.308. The summed E-state index contributed by atoms with van der Waals surface area (Å²) in [6.45, 7) is 3.67. The third kappa shape index (κ3) is 6.73. The van der Waals surface area contributed by atoms with Crippen molar-refractivity contribution >= 4 is 46.9 Å². The molecule has 3 atom stereocenters. The predicted octanol–water partition coefficient (Wildman–Crippen LogP) is 4.81. The standard InChI is InChI=1S/C26H28N2O6S/c1-3-22(24(30)28-21-13-16(25(31)32)12-11-15(21)2)35-18-8-6-7-17(14-18)27-23(29)19-9-4-5-10-20(19)26(33)34/h4-8,11-14,19-20,22H,3,9-10H2,1-2H3,(H,27,29)(H,28,30)(H,31,32)(H,33,34). The number of hydrogen-bond donors (Lipinski definition) is 4. The van der Waals surface area contributed by atoms with Gasteiger partial charge in [0.1, 0.15) is 0 Å². The Balaban J connectivity index is 1.68. The number of carbonyl (C=O) groups excluding carboxylic acids is 2. The number of carbonyl (C=O) groups is 4. The van der Waals surface area contributed by atoms with Gasteiger partial charge < -0.3 is 20.8 Å². The van der Waals surface area contributed by atoms with Crippen LogP contribution in [0.4, 0.5) is 11.4 Å². The van der Waals surface area contributed by atoms with Crippen LogP contribution in [0, 0.1) is 18.8 Å². The van der Waals surface area contributed by atoms with Gasteiger partial charge >= 0.3 is 11.9 Å². The molecule has 0 saturated carbocycles. The largest absolute Gasteiger partial charge is 0.481 e. The van der Waals surface area contributed by atoms with Crippen molar-refractivity contribution in [1.29, 1.82) is 0 Å². The number of carboxylic acid groups (broad SMARTS) is 2. The lowest BCUT2D eigenvalue weighted by atomic mass is 9.82. The van der Waals surface area contributed by atoms with Crippen LogP contribution in [-0.4, -0.2) is 39.2 Å². The molecule has 3 unspecified atom stereocenters. The topological polar surface area (TPSA) is 133 Å². The van der Waals surface area contributed by atoms with Gasteiger partial charge in [-0.15, -0.1) is 11.8 Å². The number of benzene rings is 2. The first-order valence-corrected chi connectivity index (χ1v) is 12.2. The summed E-state index contributed by atoms with van der Waals surface area (Å²) in [4.78, 5) is 49.2. The van der Waals surface area contributed by atoms with Gasteiger partial charge in [-0.1, -0.05) is 31.2 Å². The lowest BCUT2D eigenvalue weighted by Gasteiger charge is -2.24. The second kappa shape index (κ2) is 11.7. The Morgan fingerprint density at radius 3 is 2.37 bits per heavy atom. The minimum absolute atomic E-state index is 0.0913. The normalized spacial score (nSPS) is 17.9. The molecule has 4 N–H and O–H groups in total. The summed E-state index contributed by atoms with van der Waals surface area (Å²) in [7, 11) is 0. The fourth-order valence-corrected chi connectivity index (χ4v) is 4.86. The molecule has 0 aromatic heterocycles. The van der Waals surface area contributed by atoms with Crippen LogP contribution in [0.5, 0.6) is 0 Å². The average Bonchev–Trinajstić information content (AvgIpc) is 2.83. The molecule has 1 aliphatic rings. The van der Waals surface area contributed by atoms with Crippen LogP contribution < -0.4 is 10.6 Å². The molecule has 0 fully saturated rings. The number of aryl methyl sites for hydroxylation is 1. The van der Waals surface area contributed by atoms with E-state index in [2.05, 4.69) is 10.6 Å². The highest BCUT2D eigenvalue weighted by Gasteiger charge is 2.34. The molecule has 0 radical (unpaired) electrons. The number of aromatic carboxylic acids is 1. The first-order chi connectivity index (χ1) is 16.7. The molecular weight excluding hydrogens is 468 g/mol. The number of thioether (sulfide) groups is 1. The molecule has 0 bridgehead atoms. The number of allylic oxidation sites excluding steroid dienone is 2. The monoisotopic (exact) mass is 496 g/mol. The Morgan fingerprint density at radius 1 is 1.00 bits per heavy atom. The van der Waals surface area contributed by atoms with Gasteiger partial charge in [0, 0.05) is 16.3 Å². The van der Waals surface area contributed by atoms with Crippen molar-refractivity contribution < 1.29 is 29.4 Å². The van der Waals surface area contributed by atoms with E-state index in [1.165, 1.54) is 23.9 Å². The third-order valence-electron chi connectivity index (χ3n) is 5.87. The quantitative estimate of drug-likeness (QED) is 0.289. The van der Waals surface area contributed by atoms with Crippen LogP contribution in [0.2, 0.25) is 0 Å². The highest BCUT2D eigenvalue weighted by molar-refractivity contribution is 8.00. The van der Waals surface area contributed by atoms with Gasteiger partial charge in [-0.05, 0) is 62.1 Å². The van der Waals surface area contributed by atoms with Gasteiger partial charge in [-0.3, -0.25) is 14.4 Å². The van der Waals surface area contributed by atoms with E-state index in [0.29, 0.717) is 30.6 Å². The van der Waals surface area contributed by atoms with Gasteiger partial charge in [0.15, 0.2) is 0 Å². The van der Waals surface area contributed by atoms with E-state index in [-0.39, 0.29) is 17.4 Å². The number of carboxylic acids is 2. The maximum Gasteiger partial charge on any atom is 0.335 e. The zero-order chi connectivity index (χ0) is 25.5. The van der Waals surface area contributed by atoms with Gasteiger partial charge in [-0.2, -0.15) is 0 Å². The molecule has 2 amide bonds. The van der Waals surface area contributed by atoms with Gasteiger partial charge in [0.05, 0.1) is 22.6 Å². The number of anilines is 2. The number of aliphatic carboxylic acids is 1. The molecule has 35 heavy (non-hydrogen) atoms. The van der Waals surface area contributed by atoms with Crippen molar-refractivity contribution in [3.05, 3.63) is 65.7 Å². The Kier molecular flexibility index (Phi) is 8.70. The summed E-state index contributed by atoms with van der Waals surface area (Å²) < 4.78 is 0. The third-order valence-corrected chi connectivity index (χ3v) is 7.23. The Labute approximate surface area is 207 Å². The SMILES string of the molecule is CCC(Sc1cccc(NC(=O)C2CC=CCC2C(=O)O)c1)C(=O)Nc1cc(C(=O)O)ccc1C. The van der Waals surface area contributed by atoms with Crippen molar-refractivity contribution in [2.75, 3.05) is 10.6 Å². The minimum Gasteiger partial charge on any atom is -0.481 e. The second-order valence-corrected chi connectivity index (χ2v) is 9.63. The molecule has 0 saturated heterocycles. The molecule has 0 spiro atoms. The van der Waals surface area contributed by atoms with Crippen molar-refractivity contribution in [2.45, 2.75) is 43.3 Å². The van der Waals surface area contributed by atoms with E-state index in [9.17, 15) is 29.4 Å². The lowest BCUT2D eigenvalue weighted by molar-refractivity contribution is -0.146. The van der Waals surface area contributed by atoms with E-state index < -0.39 is 29.0 Å². The van der Waals surface area contributed by atoms with Gasteiger partial charge in [0.25, 0.3) is 0 Å². The second-order valence-electron chi connectivity index (χ2n) is 8.35.